The molecule has 2 N–H and O–H groups in total. The van der Waals surface area contributed by atoms with Crippen molar-refractivity contribution in [3.05, 3.63) is 65.5 Å². The molecule has 2 aliphatic rings. The van der Waals surface area contributed by atoms with Crippen LogP contribution >= 0.6 is 11.8 Å². The molecule has 1 aliphatic carbocycles. The average Bonchev–Trinajstić information content (AvgIpc) is 3.47. The zero-order chi connectivity index (χ0) is 19.3. The molecule has 0 saturated heterocycles. The molecular weight excluding hydrogens is 380 g/mol. The molecule has 3 heterocycles. The van der Waals surface area contributed by atoms with E-state index in [9.17, 15) is 8.78 Å². The van der Waals surface area contributed by atoms with E-state index in [1.807, 2.05) is 0 Å². The van der Waals surface area contributed by atoms with Crippen LogP contribution in [0.25, 0.3) is 22.9 Å². The van der Waals surface area contributed by atoms with E-state index in [1.165, 1.54) is 30.5 Å². The number of hydrogen-bond acceptors (Lipinski definition) is 6. The molecule has 3 unspecified atom stereocenters. The maximum atomic E-state index is 14.8. The summed E-state index contributed by atoms with van der Waals surface area (Å²) in [5, 5.41) is 0.887. The summed E-state index contributed by atoms with van der Waals surface area (Å²) in [6, 6.07) is 5.75. The van der Waals surface area contributed by atoms with Crippen molar-refractivity contribution >= 4 is 39.9 Å². The van der Waals surface area contributed by atoms with E-state index in [-0.39, 0.29) is 23.5 Å². The van der Waals surface area contributed by atoms with Gasteiger partial charge in [-0.1, -0.05) is 17.8 Å². The fourth-order valence-electron chi connectivity index (χ4n) is 3.47. The summed E-state index contributed by atoms with van der Waals surface area (Å²) in [5.74, 6) is -0.594. The first-order valence-electron chi connectivity index (χ1n) is 8.82. The molecule has 0 amide bonds. The number of thioether (sulfide) groups is 1. The third-order valence-corrected chi connectivity index (χ3v) is 6.15. The molecule has 5 rings (SSSR count). The normalized spacial score (nSPS) is 24.0. The van der Waals surface area contributed by atoms with Crippen LogP contribution in [-0.2, 0) is 0 Å². The van der Waals surface area contributed by atoms with Gasteiger partial charge < -0.3 is 5.73 Å². The summed E-state index contributed by atoms with van der Waals surface area (Å²) in [7, 11) is 0. The average molecular weight is 395 g/mol. The number of aromatic nitrogens is 3. The number of nitrogens with two attached hydrogens (primary N) is 1. The largest absolute Gasteiger partial charge is 0.379 e. The number of pyridine rings is 1. The first kappa shape index (κ1) is 17.2. The fourth-order valence-corrected chi connectivity index (χ4v) is 4.60. The van der Waals surface area contributed by atoms with E-state index in [4.69, 9.17) is 5.73 Å². The number of rotatable bonds is 3. The Morgan fingerprint density at radius 2 is 1.96 bits per heavy atom. The zero-order valence-electron chi connectivity index (χ0n) is 14.6. The lowest BCUT2D eigenvalue weighted by Gasteiger charge is -2.19. The summed E-state index contributed by atoms with van der Waals surface area (Å²) in [6.45, 7) is 0. The number of nitrogens with zero attached hydrogens (tertiary/aromatic N) is 4. The molecule has 0 spiro atoms. The zero-order valence-corrected chi connectivity index (χ0v) is 15.4. The first-order valence-corrected chi connectivity index (χ1v) is 9.70. The smallest absolute Gasteiger partial charge is 0.154 e. The molecule has 1 aliphatic heterocycles. The van der Waals surface area contributed by atoms with Crippen LogP contribution in [0.3, 0.4) is 0 Å². The topological polar surface area (TPSA) is 77.0 Å². The third-order valence-electron chi connectivity index (χ3n) is 4.96. The van der Waals surface area contributed by atoms with Crippen LogP contribution < -0.4 is 5.73 Å². The molecule has 1 aromatic carbocycles. The number of hydrogen-bond donors (Lipinski definition) is 1. The van der Waals surface area contributed by atoms with Crippen molar-refractivity contribution in [1.82, 2.24) is 15.0 Å². The summed E-state index contributed by atoms with van der Waals surface area (Å²) < 4.78 is 29.2. The molecule has 0 bridgehead atoms. The van der Waals surface area contributed by atoms with Gasteiger partial charge in [0.25, 0.3) is 0 Å². The van der Waals surface area contributed by atoms with E-state index in [0.717, 1.165) is 6.42 Å². The molecule has 5 nitrogen and oxygen atoms in total. The Bertz CT molecular complexity index is 1150. The van der Waals surface area contributed by atoms with Gasteiger partial charge in [-0.2, -0.15) is 0 Å². The van der Waals surface area contributed by atoms with E-state index >= 15 is 0 Å². The molecule has 3 atom stereocenters. The van der Waals surface area contributed by atoms with Crippen LogP contribution in [-0.4, -0.2) is 25.4 Å². The molecule has 0 radical (unpaired) electrons. The fraction of sp³-hybridized carbons (Fsp3) is 0.200. The lowest BCUT2D eigenvalue weighted by Crippen LogP contribution is -2.17. The highest BCUT2D eigenvalue weighted by atomic mass is 32.2. The molecule has 1 fully saturated rings. The van der Waals surface area contributed by atoms with Crippen LogP contribution in [0.1, 0.15) is 29.3 Å². The lowest BCUT2D eigenvalue weighted by molar-refractivity contribution is 0.555. The van der Waals surface area contributed by atoms with Gasteiger partial charge in [0.05, 0.1) is 17.8 Å². The standard InChI is InChI=1S/C20H15F2N5S/c21-13-2-1-10(5-11(13)19-12-7-18(12)28-20(23)27-19)6-14(22)15-8-16-17(9-26-15)25-4-3-24-16/h1-6,8-9,12,18-19H,7H2,(H2,23,27)/b14-6-. The van der Waals surface area contributed by atoms with E-state index < -0.39 is 5.83 Å². The van der Waals surface area contributed by atoms with Gasteiger partial charge in [-0.15, -0.1) is 0 Å². The minimum absolute atomic E-state index is 0.150. The number of aliphatic imine (C=N–C) groups is 1. The van der Waals surface area contributed by atoms with E-state index in [1.54, 1.807) is 30.2 Å². The molecule has 3 aromatic rings. The lowest BCUT2D eigenvalue weighted by atomic mass is 9.99. The second-order valence-electron chi connectivity index (χ2n) is 6.86. The van der Waals surface area contributed by atoms with E-state index in [0.29, 0.717) is 32.6 Å². The summed E-state index contributed by atoms with van der Waals surface area (Å²) in [4.78, 5) is 16.8. The number of benzene rings is 1. The molecule has 28 heavy (non-hydrogen) atoms. The Morgan fingerprint density at radius 3 is 2.82 bits per heavy atom. The van der Waals surface area contributed by atoms with Crippen LogP contribution in [0, 0.1) is 11.7 Å². The first-order chi connectivity index (χ1) is 13.6. The SMILES string of the molecule is NC1=NC(c2cc(/C=C(\F)c3cc4nccnc4cn3)ccc2F)C2CC2S1. The number of halogens is 2. The van der Waals surface area contributed by atoms with Crippen molar-refractivity contribution in [2.45, 2.75) is 17.7 Å². The molecule has 8 heteroatoms. The number of amidine groups is 1. The molecule has 1 saturated carbocycles. The van der Waals surface area contributed by atoms with E-state index in [2.05, 4.69) is 19.9 Å². The highest BCUT2D eigenvalue weighted by molar-refractivity contribution is 8.14. The Morgan fingerprint density at radius 1 is 1.14 bits per heavy atom. The van der Waals surface area contributed by atoms with Crippen molar-refractivity contribution in [1.29, 1.82) is 0 Å². The highest BCUT2D eigenvalue weighted by Crippen LogP contribution is 2.54. The number of fused-ring (bicyclic) bond motifs is 2. The maximum absolute atomic E-state index is 14.8. The predicted molar refractivity (Wildman–Crippen MR) is 107 cm³/mol. The Hall–Kier alpha value is -2.87. The second kappa shape index (κ2) is 6.63. The summed E-state index contributed by atoms with van der Waals surface area (Å²) >= 11 is 1.55. The van der Waals surface area contributed by atoms with Gasteiger partial charge in [-0.05, 0) is 42.2 Å². The summed E-state index contributed by atoms with van der Waals surface area (Å²) in [5.41, 5.74) is 8.16. The Balaban J connectivity index is 1.50. The van der Waals surface area contributed by atoms with Crippen LogP contribution in [0.2, 0.25) is 0 Å². The van der Waals surface area contributed by atoms with Crippen molar-refractivity contribution < 1.29 is 8.78 Å². The second-order valence-corrected chi connectivity index (χ2v) is 8.12. The molecular formula is C20H15F2N5S. The molecule has 2 aromatic heterocycles. The predicted octanol–water partition coefficient (Wildman–Crippen LogP) is 4.12. The quantitative estimate of drug-likeness (QED) is 0.722. The van der Waals surface area contributed by atoms with Crippen molar-refractivity contribution in [3.63, 3.8) is 0 Å². The van der Waals surface area contributed by atoms with Gasteiger partial charge >= 0.3 is 0 Å². The highest BCUT2D eigenvalue weighted by Gasteiger charge is 2.48. The van der Waals surface area contributed by atoms with Gasteiger partial charge in [0.15, 0.2) is 5.17 Å². The Labute approximate surface area is 163 Å². The van der Waals surface area contributed by atoms with Gasteiger partial charge in [0.2, 0.25) is 0 Å². The van der Waals surface area contributed by atoms with Gasteiger partial charge in [0.1, 0.15) is 22.9 Å². The maximum Gasteiger partial charge on any atom is 0.154 e. The van der Waals surface area contributed by atoms with Crippen molar-refractivity contribution in [2.24, 2.45) is 16.6 Å². The minimum atomic E-state index is -0.531. The van der Waals surface area contributed by atoms with Crippen LogP contribution in [0.15, 0.2) is 47.8 Å². The molecule has 140 valence electrons. The Kier molecular flexibility index (Phi) is 4.08. The van der Waals surface area contributed by atoms with Gasteiger partial charge in [-0.3, -0.25) is 19.9 Å². The van der Waals surface area contributed by atoms with Crippen LogP contribution in [0.5, 0.6) is 0 Å². The van der Waals surface area contributed by atoms with Crippen molar-refractivity contribution in [2.75, 3.05) is 0 Å². The monoisotopic (exact) mass is 395 g/mol. The van der Waals surface area contributed by atoms with Crippen molar-refractivity contribution in [3.8, 4) is 0 Å². The summed E-state index contributed by atoms with van der Waals surface area (Å²) in [6.07, 6.45) is 6.88. The minimum Gasteiger partial charge on any atom is -0.379 e. The van der Waals surface area contributed by atoms with Crippen LogP contribution in [0.4, 0.5) is 8.78 Å². The third kappa shape index (κ3) is 3.13. The van der Waals surface area contributed by atoms with Gasteiger partial charge in [0, 0.05) is 23.2 Å². The van der Waals surface area contributed by atoms with Gasteiger partial charge in [-0.25, -0.2) is 8.78 Å².